The summed E-state index contributed by atoms with van der Waals surface area (Å²) < 4.78 is 10.2. The molecular formula is C19H15ClN4O5. The van der Waals surface area contributed by atoms with Crippen LogP contribution in [0.4, 0.5) is 17.2 Å². The van der Waals surface area contributed by atoms with Crippen LogP contribution in [0.1, 0.15) is 15.9 Å². The molecule has 0 atom stereocenters. The molecule has 0 unspecified atom stereocenters. The number of hydrogen-bond acceptors (Lipinski definition) is 8. The molecule has 0 spiro atoms. The van der Waals surface area contributed by atoms with Crippen molar-refractivity contribution in [2.24, 2.45) is 0 Å². The van der Waals surface area contributed by atoms with E-state index in [0.29, 0.717) is 16.3 Å². The van der Waals surface area contributed by atoms with E-state index in [0.717, 1.165) is 11.9 Å². The number of esters is 1. The van der Waals surface area contributed by atoms with E-state index in [1.54, 1.807) is 18.2 Å². The van der Waals surface area contributed by atoms with E-state index >= 15 is 0 Å². The number of benzene rings is 2. The zero-order valence-corrected chi connectivity index (χ0v) is 16.1. The lowest BCUT2D eigenvalue weighted by molar-refractivity contribution is -0.385. The molecule has 1 heterocycles. The molecule has 3 aromatic rings. The van der Waals surface area contributed by atoms with Crippen LogP contribution in [0.2, 0.25) is 5.02 Å². The molecule has 0 amide bonds. The van der Waals surface area contributed by atoms with Crippen LogP contribution in [0, 0.1) is 17.0 Å². The summed E-state index contributed by atoms with van der Waals surface area (Å²) in [5.74, 6) is -0.524. The molecule has 0 saturated heterocycles. The van der Waals surface area contributed by atoms with Crippen LogP contribution in [-0.2, 0) is 4.74 Å². The summed E-state index contributed by atoms with van der Waals surface area (Å²) in [5, 5.41) is 15.1. The quantitative estimate of drug-likeness (QED) is 0.351. The van der Waals surface area contributed by atoms with Crippen molar-refractivity contribution >= 4 is 34.8 Å². The van der Waals surface area contributed by atoms with E-state index < -0.39 is 16.6 Å². The number of rotatable bonds is 6. The molecule has 0 aliphatic rings. The van der Waals surface area contributed by atoms with E-state index in [2.05, 4.69) is 20.0 Å². The first-order valence-corrected chi connectivity index (χ1v) is 8.65. The topological polar surface area (TPSA) is 116 Å². The molecular weight excluding hydrogens is 400 g/mol. The predicted molar refractivity (Wildman–Crippen MR) is 106 cm³/mol. The molecule has 0 fully saturated rings. The third-order valence-corrected chi connectivity index (χ3v) is 4.14. The number of halogens is 1. The van der Waals surface area contributed by atoms with Gasteiger partial charge in [-0.05, 0) is 55.0 Å². The summed E-state index contributed by atoms with van der Waals surface area (Å²) in [7, 11) is 1.27. The molecule has 1 N–H and O–H groups in total. The van der Waals surface area contributed by atoms with Gasteiger partial charge in [0.1, 0.15) is 12.1 Å². The maximum Gasteiger partial charge on any atom is 0.373 e. The number of aromatic nitrogens is 2. The molecule has 1 aromatic heterocycles. The van der Waals surface area contributed by atoms with E-state index in [9.17, 15) is 14.9 Å². The van der Waals surface area contributed by atoms with Crippen LogP contribution >= 0.6 is 11.6 Å². The average molecular weight is 415 g/mol. The highest BCUT2D eigenvalue weighted by atomic mass is 35.5. The number of carbonyl (C=O) groups is 1. The van der Waals surface area contributed by atoms with Crippen LogP contribution in [-0.4, -0.2) is 28.0 Å². The van der Waals surface area contributed by atoms with Crippen LogP contribution in [0.3, 0.4) is 0 Å². The van der Waals surface area contributed by atoms with Gasteiger partial charge in [0.2, 0.25) is 5.82 Å². The Balaban J connectivity index is 1.92. The standard InChI is InChI=1S/C19H15ClN4O5/c1-11-9-13(20)5-8-15(11)23-17-16(24(26)27)18(22-10-21-17)29-14-6-3-12(4-7-14)19(25)28-2/h3-10H,1-2H3,(H,21,22,23). The molecule has 10 heteroatoms. The van der Waals surface area contributed by atoms with Gasteiger partial charge >= 0.3 is 17.5 Å². The van der Waals surface area contributed by atoms with Crippen molar-refractivity contribution in [3.8, 4) is 11.6 Å². The lowest BCUT2D eigenvalue weighted by Crippen LogP contribution is -2.04. The van der Waals surface area contributed by atoms with Gasteiger partial charge in [0.05, 0.1) is 17.6 Å². The van der Waals surface area contributed by atoms with Crippen LogP contribution in [0.25, 0.3) is 0 Å². The minimum Gasteiger partial charge on any atom is -0.465 e. The van der Waals surface area contributed by atoms with Gasteiger partial charge in [-0.25, -0.2) is 9.78 Å². The molecule has 0 radical (unpaired) electrons. The zero-order valence-electron chi connectivity index (χ0n) is 15.4. The molecule has 148 valence electrons. The van der Waals surface area contributed by atoms with Gasteiger partial charge < -0.3 is 14.8 Å². The van der Waals surface area contributed by atoms with Crippen LogP contribution < -0.4 is 10.1 Å². The van der Waals surface area contributed by atoms with Crippen molar-refractivity contribution in [3.05, 3.63) is 75.1 Å². The monoisotopic (exact) mass is 414 g/mol. The number of ether oxygens (including phenoxy) is 2. The summed E-state index contributed by atoms with van der Waals surface area (Å²) in [6.45, 7) is 1.81. The molecule has 2 aromatic carbocycles. The Morgan fingerprint density at radius 1 is 1.17 bits per heavy atom. The van der Waals surface area contributed by atoms with Crippen molar-refractivity contribution in [1.29, 1.82) is 0 Å². The van der Waals surface area contributed by atoms with Gasteiger partial charge in [-0.15, -0.1) is 0 Å². The molecule has 3 rings (SSSR count). The fourth-order valence-corrected chi connectivity index (χ4v) is 2.70. The molecule has 29 heavy (non-hydrogen) atoms. The van der Waals surface area contributed by atoms with Gasteiger partial charge in [0.15, 0.2) is 0 Å². The van der Waals surface area contributed by atoms with Crippen molar-refractivity contribution in [2.45, 2.75) is 6.92 Å². The van der Waals surface area contributed by atoms with Crippen LogP contribution in [0.15, 0.2) is 48.8 Å². The first-order chi connectivity index (χ1) is 13.9. The summed E-state index contributed by atoms with van der Waals surface area (Å²) >= 11 is 5.95. The number of carbonyl (C=O) groups excluding carboxylic acids is 1. The minimum atomic E-state index is -0.633. The fourth-order valence-electron chi connectivity index (χ4n) is 2.48. The summed E-state index contributed by atoms with van der Waals surface area (Å²) in [6.07, 6.45) is 1.15. The zero-order chi connectivity index (χ0) is 21.0. The maximum atomic E-state index is 11.7. The van der Waals surface area contributed by atoms with Gasteiger partial charge in [-0.1, -0.05) is 11.6 Å². The smallest absolute Gasteiger partial charge is 0.373 e. The second kappa shape index (κ2) is 8.53. The number of nitro groups is 1. The third-order valence-electron chi connectivity index (χ3n) is 3.90. The third kappa shape index (κ3) is 4.58. The summed E-state index contributed by atoms with van der Waals surface area (Å²) in [5.41, 5.74) is 1.27. The first-order valence-electron chi connectivity index (χ1n) is 8.28. The van der Waals surface area contributed by atoms with Crippen molar-refractivity contribution in [3.63, 3.8) is 0 Å². The number of aryl methyl sites for hydroxylation is 1. The van der Waals surface area contributed by atoms with E-state index in [1.165, 1.54) is 31.4 Å². The molecule has 0 saturated carbocycles. The molecule has 0 aliphatic heterocycles. The van der Waals surface area contributed by atoms with Gasteiger partial charge in [0.25, 0.3) is 0 Å². The predicted octanol–water partition coefficient (Wildman–Crippen LogP) is 4.67. The Hall–Kier alpha value is -3.72. The van der Waals surface area contributed by atoms with E-state index in [1.807, 2.05) is 6.92 Å². The van der Waals surface area contributed by atoms with Crippen molar-refractivity contribution in [2.75, 3.05) is 12.4 Å². The summed E-state index contributed by atoms with van der Waals surface area (Å²) in [4.78, 5) is 30.4. The average Bonchev–Trinajstić information content (AvgIpc) is 2.70. The molecule has 0 aliphatic carbocycles. The Kier molecular flexibility index (Phi) is 5.89. The van der Waals surface area contributed by atoms with Crippen LogP contribution in [0.5, 0.6) is 11.6 Å². The lowest BCUT2D eigenvalue weighted by Gasteiger charge is -2.11. The highest BCUT2D eigenvalue weighted by Crippen LogP contribution is 2.36. The Labute approximate surface area is 170 Å². The lowest BCUT2D eigenvalue weighted by atomic mass is 10.2. The molecule has 9 nitrogen and oxygen atoms in total. The highest BCUT2D eigenvalue weighted by Gasteiger charge is 2.25. The normalized spacial score (nSPS) is 10.3. The number of hydrogen-bond donors (Lipinski definition) is 1. The fraction of sp³-hybridized carbons (Fsp3) is 0.105. The number of nitrogens with zero attached hydrogens (tertiary/aromatic N) is 3. The van der Waals surface area contributed by atoms with Crippen molar-refractivity contribution < 1.29 is 19.2 Å². The van der Waals surface area contributed by atoms with Crippen molar-refractivity contribution in [1.82, 2.24) is 9.97 Å². The highest BCUT2D eigenvalue weighted by molar-refractivity contribution is 6.30. The Morgan fingerprint density at radius 3 is 2.52 bits per heavy atom. The largest absolute Gasteiger partial charge is 0.465 e. The second-order valence-electron chi connectivity index (χ2n) is 5.84. The first kappa shape index (κ1) is 20.0. The summed E-state index contributed by atoms with van der Waals surface area (Å²) in [6, 6.07) is 11.0. The Morgan fingerprint density at radius 2 is 1.90 bits per heavy atom. The number of methoxy groups -OCH3 is 1. The number of nitrogens with one attached hydrogen (secondary N) is 1. The SMILES string of the molecule is COC(=O)c1ccc(Oc2ncnc(Nc3ccc(Cl)cc3C)c2[N+](=O)[O-])cc1. The van der Waals surface area contributed by atoms with E-state index in [-0.39, 0.29) is 17.4 Å². The van der Waals surface area contributed by atoms with Gasteiger partial charge in [-0.3, -0.25) is 10.1 Å². The maximum absolute atomic E-state index is 11.7. The number of anilines is 2. The molecule has 0 bridgehead atoms. The van der Waals surface area contributed by atoms with E-state index in [4.69, 9.17) is 16.3 Å². The van der Waals surface area contributed by atoms with Gasteiger partial charge in [0, 0.05) is 10.7 Å². The second-order valence-corrected chi connectivity index (χ2v) is 6.27. The minimum absolute atomic E-state index is 0.0309. The Bertz CT molecular complexity index is 1070. The van der Waals surface area contributed by atoms with Gasteiger partial charge in [-0.2, -0.15) is 4.98 Å².